The van der Waals surface area contributed by atoms with Crippen molar-refractivity contribution >= 4 is 29.6 Å². The molecule has 2 aromatic rings. The van der Waals surface area contributed by atoms with Crippen LogP contribution < -0.4 is 16.0 Å². The minimum atomic E-state index is -1.43. The van der Waals surface area contributed by atoms with E-state index in [1.54, 1.807) is 30.3 Å². The van der Waals surface area contributed by atoms with E-state index in [0.29, 0.717) is 16.2 Å². The Balaban J connectivity index is 1.64. The van der Waals surface area contributed by atoms with E-state index in [4.69, 9.17) is 0 Å². The lowest BCUT2D eigenvalue weighted by molar-refractivity contribution is -0.134. The number of rotatable bonds is 4. The predicted molar refractivity (Wildman–Crippen MR) is 97.6 cm³/mol. The van der Waals surface area contributed by atoms with E-state index in [1.165, 1.54) is 31.2 Å². The molecule has 3 N–H and O–H groups in total. The second kappa shape index (κ2) is 7.47. The van der Waals surface area contributed by atoms with E-state index in [-0.39, 0.29) is 0 Å². The average Bonchev–Trinajstić information content (AvgIpc) is 2.87. The van der Waals surface area contributed by atoms with Gasteiger partial charge in [0.1, 0.15) is 17.9 Å². The molecule has 1 aliphatic rings. The van der Waals surface area contributed by atoms with Crippen molar-refractivity contribution in [3.63, 3.8) is 0 Å². The summed E-state index contributed by atoms with van der Waals surface area (Å²) in [4.78, 5) is 49.5. The SMILES string of the molecule is CC1(c2ccc(F)cc2)NC(=O)N(CC(=O)NC(=O)Nc2ccccc2)C1=O. The lowest BCUT2D eigenvalue weighted by Crippen LogP contribution is -2.45. The Morgan fingerprint density at radius 2 is 1.71 bits per heavy atom. The van der Waals surface area contributed by atoms with Crippen LogP contribution in [0, 0.1) is 5.82 Å². The van der Waals surface area contributed by atoms with Crippen LogP contribution in [0.5, 0.6) is 0 Å². The Labute approximate surface area is 159 Å². The highest BCUT2D eigenvalue weighted by Crippen LogP contribution is 2.28. The number of nitrogens with one attached hydrogen (secondary N) is 3. The quantitative estimate of drug-likeness (QED) is 0.700. The molecule has 1 atom stereocenters. The first-order valence-electron chi connectivity index (χ1n) is 8.35. The zero-order valence-corrected chi connectivity index (χ0v) is 14.9. The summed E-state index contributed by atoms with van der Waals surface area (Å²) >= 11 is 0. The van der Waals surface area contributed by atoms with Crippen LogP contribution >= 0.6 is 0 Å². The molecule has 0 radical (unpaired) electrons. The van der Waals surface area contributed by atoms with Gasteiger partial charge in [0.2, 0.25) is 5.91 Å². The summed E-state index contributed by atoms with van der Waals surface area (Å²) < 4.78 is 13.1. The molecule has 2 aromatic carbocycles. The van der Waals surface area contributed by atoms with Crippen LogP contribution in [0.2, 0.25) is 0 Å². The van der Waals surface area contributed by atoms with Crippen molar-refractivity contribution in [1.82, 2.24) is 15.5 Å². The fourth-order valence-electron chi connectivity index (χ4n) is 2.81. The molecule has 0 spiro atoms. The Morgan fingerprint density at radius 3 is 2.36 bits per heavy atom. The fourth-order valence-corrected chi connectivity index (χ4v) is 2.81. The number of nitrogens with zero attached hydrogens (tertiary/aromatic N) is 1. The van der Waals surface area contributed by atoms with Crippen LogP contribution in [0.4, 0.5) is 19.7 Å². The molecule has 1 heterocycles. The normalized spacial score (nSPS) is 18.6. The van der Waals surface area contributed by atoms with Crippen LogP contribution in [0.25, 0.3) is 0 Å². The maximum absolute atomic E-state index is 13.1. The number of amides is 6. The summed E-state index contributed by atoms with van der Waals surface area (Å²) in [6.45, 7) is 0.824. The molecule has 28 heavy (non-hydrogen) atoms. The van der Waals surface area contributed by atoms with E-state index < -0.39 is 41.8 Å². The van der Waals surface area contributed by atoms with Gasteiger partial charge in [-0.05, 0) is 36.8 Å². The molecule has 1 unspecified atom stereocenters. The Kier molecular flexibility index (Phi) is 5.08. The minimum Gasteiger partial charge on any atom is -0.319 e. The van der Waals surface area contributed by atoms with Gasteiger partial charge in [0, 0.05) is 5.69 Å². The molecule has 1 aliphatic heterocycles. The van der Waals surface area contributed by atoms with Crippen molar-refractivity contribution in [2.45, 2.75) is 12.5 Å². The first-order valence-corrected chi connectivity index (χ1v) is 8.35. The largest absolute Gasteiger partial charge is 0.325 e. The van der Waals surface area contributed by atoms with Crippen molar-refractivity contribution in [3.8, 4) is 0 Å². The number of hydrogen-bond acceptors (Lipinski definition) is 4. The number of urea groups is 2. The third kappa shape index (κ3) is 3.83. The molecule has 1 saturated heterocycles. The lowest BCUT2D eigenvalue weighted by atomic mass is 9.92. The van der Waals surface area contributed by atoms with Gasteiger partial charge in [0.15, 0.2) is 0 Å². The maximum atomic E-state index is 13.1. The van der Waals surface area contributed by atoms with Gasteiger partial charge in [0.05, 0.1) is 0 Å². The summed E-state index contributed by atoms with van der Waals surface area (Å²) in [7, 11) is 0. The van der Waals surface area contributed by atoms with Crippen molar-refractivity contribution in [2.75, 3.05) is 11.9 Å². The van der Waals surface area contributed by atoms with Gasteiger partial charge in [-0.15, -0.1) is 0 Å². The zero-order valence-electron chi connectivity index (χ0n) is 14.9. The highest BCUT2D eigenvalue weighted by Gasteiger charge is 2.49. The standard InChI is InChI=1S/C19H17FN4O4/c1-19(12-7-9-13(20)10-8-12)16(26)24(18(28)23-19)11-15(25)22-17(27)21-14-5-3-2-4-6-14/h2-10H,11H2,1H3,(H,23,28)(H2,21,22,25,27). The Morgan fingerprint density at radius 1 is 1.07 bits per heavy atom. The molecule has 3 rings (SSSR count). The highest BCUT2D eigenvalue weighted by molar-refractivity contribution is 6.10. The van der Waals surface area contributed by atoms with E-state index in [1.807, 2.05) is 0 Å². The van der Waals surface area contributed by atoms with Crippen LogP contribution in [-0.4, -0.2) is 35.3 Å². The van der Waals surface area contributed by atoms with E-state index >= 15 is 0 Å². The number of imide groups is 2. The third-order valence-electron chi connectivity index (χ3n) is 4.28. The van der Waals surface area contributed by atoms with Crippen LogP contribution in [-0.2, 0) is 15.1 Å². The van der Waals surface area contributed by atoms with Crippen LogP contribution in [0.1, 0.15) is 12.5 Å². The third-order valence-corrected chi connectivity index (χ3v) is 4.28. The molecular formula is C19H17FN4O4. The molecule has 144 valence electrons. The van der Waals surface area contributed by atoms with E-state index in [0.717, 1.165) is 0 Å². The number of anilines is 1. The van der Waals surface area contributed by atoms with Gasteiger partial charge in [0.25, 0.3) is 5.91 Å². The summed E-state index contributed by atoms with van der Waals surface area (Å²) in [5.74, 6) is -1.99. The first kappa shape index (κ1) is 19.0. The van der Waals surface area contributed by atoms with E-state index in [2.05, 4.69) is 16.0 Å². The predicted octanol–water partition coefficient (Wildman–Crippen LogP) is 1.94. The number of para-hydroxylation sites is 1. The molecule has 0 bridgehead atoms. The number of hydrogen-bond donors (Lipinski definition) is 3. The van der Waals surface area contributed by atoms with Crippen molar-refractivity contribution < 1.29 is 23.6 Å². The van der Waals surface area contributed by atoms with Crippen molar-refractivity contribution in [3.05, 3.63) is 66.0 Å². The number of carbonyl (C=O) groups excluding carboxylic acids is 4. The zero-order chi connectivity index (χ0) is 20.3. The molecule has 0 saturated carbocycles. The molecule has 9 heteroatoms. The fraction of sp³-hybridized carbons (Fsp3) is 0.158. The van der Waals surface area contributed by atoms with Crippen molar-refractivity contribution in [1.29, 1.82) is 0 Å². The van der Waals surface area contributed by atoms with Crippen LogP contribution in [0.15, 0.2) is 54.6 Å². The Hall–Kier alpha value is -3.75. The number of halogens is 1. The molecule has 0 aromatic heterocycles. The number of benzene rings is 2. The van der Waals surface area contributed by atoms with Gasteiger partial charge in [-0.1, -0.05) is 30.3 Å². The monoisotopic (exact) mass is 384 g/mol. The van der Waals surface area contributed by atoms with Gasteiger partial charge in [-0.25, -0.2) is 14.0 Å². The molecule has 8 nitrogen and oxygen atoms in total. The summed E-state index contributed by atoms with van der Waals surface area (Å²) in [5, 5.41) is 7.01. The molecule has 6 amide bonds. The summed E-state index contributed by atoms with van der Waals surface area (Å²) in [6.07, 6.45) is 0. The second-order valence-corrected chi connectivity index (χ2v) is 6.32. The van der Waals surface area contributed by atoms with Gasteiger partial charge in [-0.2, -0.15) is 0 Å². The molecular weight excluding hydrogens is 367 g/mol. The lowest BCUT2D eigenvalue weighted by Gasteiger charge is -2.22. The molecule has 0 aliphatic carbocycles. The average molecular weight is 384 g/mol. The van der Waals surface area contributed by atoms with E-state index in [9.17, 15) is 23.6 Å². The maximum Gasteiger partial charge on any atom is 0.325 e. The molecule has 1 fully saturated rings. The van der Waals surface area contributed by atoms with Crippen molar-refractivity contribution in [2.24, 2.45) is 0 Å². The Bertz CT molecular complexity index is 933. The van der Waals surface area contributed by atoms with Gasteiger partial charge >= 0.3 is 12.1 Å². The first-order chi connectivity index (χ1) is 13.3. The minimum absolute atomic E-state index is 0.372. The second-order valence-electron chi connectivity index (χ2n) is 6.32. The number of carbonyl (C=O) groups is 4. The van der Waals surface area contributed by atoms with Gasteiger partial charge < -0.3 is 10.6 Å². The summed E-state index contributed by atoms with van der Waals surface area (Å²) in [5.41, 5.74) is -0.583. The topological polar surface area (TPSA) is 108 Å². The van der Waals surface area contributed by atoms with Crippen LogP contribution in [0.3, 0.4) is 0 Å². The smallest absolute Gasteiger partial charge is 0.319 e. The highest BCUT2D eigenvalue weighted by atomic mass is 19.1. The van der Waals surface area contributed by atoms with Gasteiger partial charge in [-0.3, -0.25) is 19.8 Å². The summed E-state index contributed by atoms with van der Waals surface area (Å²) in [6, 6.07) is 12.0.